The molecule has 0 saturated carbocycles. The Morgan fingerprint density at radius 2 is 2.00 bits per heavy atom. The minimum Gasteiger partial charge on any atom is -0.462 e. The third-order valence-corrected chi connectivity index (χ3v) is 5.71. The van der Waals surface area contributed by atoms with Gasteiger partial charge in [-0.15, -0.1) is 0 Å². The lowest BCUT2D eigenvalue weighted by atomic mass is 9.61. The first-order valence-electron chi connectivity index (χ1n) is 9.66. The van der Waals surface area contributed by atoms with E-state index in [9.17, 15) is 14.4 Å². The van der Waals surface area contributed by atoms with Crippen LogP contribution in [0.25, 0.3) is 0 Å². The highest BCUT2D eigenvalue weighted by atomic mass is 16.5. The van der Waals surface area contributed by atoms with Crippen LogP contribution in [0.3, 0.4) is 0 Å². The van der Waals surface area contributed by atoms with Crippen molar-refractivity contribution in [2.45, 2.75) is 46.0 Å². The Morgan fingerprint density at radius 1 is 1.28 bits per heavy atom. The predicted octanol–water partition coefficient (Wildman–Crippen LogP) is 2.59. The molecule has 7 nitrogen and oxygen atoms in total. The van der Waals surface area contributed by atoms with Crippen molar-refractivity contribution in [3.63, 3.8) is 0 Å². The molecule has 0 fully saturated rings. The minimum atomic E-state index is -1.67. The van der Waals surface area contributed by atoms with Gasteiger partial charge in [0.15, 0.2) is 5.78 Å². The number of hydrogen-bond donors (Lipinski definition) is 2. The van der Waals surface area contributed by atoms with Gasteiger partial charge in [-0.3, -0.25) is 9.59 Å². The molecule has 0 bridgehead atoms. The largest absolute Gasteiger partial charge is 0.462 e. The van der Waals surface area contributed by atoms with Gasteiger partial charge in [-0.25, -0.2) is 4.79 Å². The number of benzene rings is 1. The Balaban J connectivity index is 2.08. The molecule has 0 radical (unpaired) electrons. The molecule has 0 aromatic heterocycles. The Labute approximate surface area is 168 Å². The number of nitrogens with one attached hydrogen (secondary N) is 1. The number of allylic oxidation sites excluding steroid dienone is 1. The summed E-state index contributed by atoms with van der Waals surface area (Å²) in [6, 6.07) is 5.43. The SMILES string of the molecule is CCOC(=O)C1=C(N)OC2=C(C(=O)CC(C)(C)C2)[C@@]12C(=O)Nc1ccc(C)cc12. The smallest absolute Gasteiger partial charge is 0.341 e. The number of esters is 1. The van der Waals surface area contributed by atoms with Crippen LogP contribution in [0.5, 0.6) is 0 Å². The number of ether oxygens (including phenoxy) is 2. The van der Waals surface area contributed by atoms with Gasteiger partial charge in [0.1, 0.15) is 16.7 Å². The Hall–Kier alpha value is -3.09. The number of carbonyl (C=O) groups excluding carboxylic acids is 3. The van der Waals surface area contributed by atoms with E-state index in [4.69, 9.17) is 15.2 Å². The van der Waals surface area contributed by atoms with E-state index < -0.39 is 17.3 Å². The molecule has 152 valence electrons. The third kappa shape index (κ3) is 2.60. The van der Waals surface area contributed by atoms with Crippen molar-refractivity contribution < 1.29 is 23.9 Å². The molecule has 3 N–H and O–H groups in total. The first-order chi connectivity index (χ1) is 13.6. The molecule has 1 aromatic carbocycles. The monoisotopic (exact) mass is 396 g/mol. The molecule has 4 rings (SSSR count). The van der Waals surface area contributed by atoms with E-state index in [-0.39, 0.29) is 41.3 Å². The van der Waals surface area contributed by atoms with Gasteiger partial charge in [0.25, 0.3) is 0 Å². The maximum absolute atomic E-state index is 13.5. The average Bonchev–Trinajstić information content (AvgIpc) is 2.86. The van der Waals surface area contributed by atoms with Gasteiger partial charge in [0.2, 0.25) is 11.8 Å². The number of carbonyl (C=O) groups is 3. The third-order valence-electron chi connectivity index (χ3n) is 5.71. The number of fused-ring (bicyclic) bond motifs is 3. The van der Waals surface area contributed by atoms with Crippen LogP contribution in [0.4, 0.5) is 5.69 Å². The van der Waals surface area contributed by atoms with Gasteiger partial charge in [-0.1, -0.05) is 31.5 Å². The van der Waals surface area contributed by atoms with Gasteiger partial charge in [-0.2, -0.15) is 0 Å². The molecule has 29 heavy (non-hydrogen) atoms. The van der Waals surface area contributed by atoms with Gasteiger partial charge in [0, 0.05) is 24.1 Å². The number of anilines is 1. The number of rotatable bonds is 2. The lowest BCUT2D eigenvalue weighted by molar-refractivity contribution is -0.141. The Morgan fingerprint density at radius 3 is 2.69 bits per heavy atom. The van der Waals surface area contributed by atoms with Crippen LogP contribution in [-0.2, 0) is 29.3 Å². The molecule has 0 unspecified atom stereocenters. The zero-order chi connectivity index (χ0) is 21.1. The predicted molar refractivity (Wildman–Crippen MR) is 105 cm³/mol. The zero-order valence-corrected chi connectivity index (χ0v) is 17.0. The van der Waals surface area contributed by atoms with Crippen molar-refractivity contribution >= 4 is 23.3 Å². The van der Waals surface area contributed by atoms with Crippen molar-refractivity contribution in [2.75, 3.05) is 11.9 Å². The van der Waals surface area contributed by atoms with E-state index in [1.165, 1.54) is 0 Å². The summed E-state index contributed by atoms with van der Waals surface area (Å²) in [5, 5.41) is 2.83. The highest BCUT2D eigenvalue weighted by Crippen LogP contribution is 2.56. The lowest BCUT2D eigenvalue weighted by Gasteiger charge is -2.42. The maximum atomic E-state index is 13.5. The topological polar surface area (TPSA) is 108 Å². The summed E-state index contributed by atoms with van der Waals surface area (Å²) in [6.07, 6.45) is 0.669. The summed E-state index contributed by atoms with van der Waals surface area (Å²) in [5.41, 5.74) is 6.20. The summed E-state index contributed by atoms with van der Waals surface area (Å²) < 4.78 is 11.0. The molecule has 3 aliphatic rings. The molecular formula is C22H24N2O5. The Kier molecular flexibility index (Phi) is 4.12. The number of hydrogen-bond acceptors (Lipinski definition) is 6. The molecule has 0 saturated heterocycles. The van der Waals surface area contributed by atoms with Crippen molar-refractivity contribution in [2.24, 2.45) is 11.1 Å². The molecule has 7 heteroatoms. The summed E-state index contributed by atoms with van der Waals surface area (Å²) in [7, 11) is 0. The van der Waals surface area contributed by atoms with E-state index in [0.717, 1.165) is 5.56 Å². The highest BCUT2D eigenvalue weighted by molar-refractivity contribution is 6.22. The van der Waals surface area contributed by atoms with Gasteiger partial charge in [0.05, 0.1) is 12.2 Å². The normalized spacial score (nSPS) is 24.8. The first-order valence-corrected chi connectivity index (χ1v) is 9.66. The number of amides is 1. The van der Waals surface area contributed by atoms with E-state index in [2.05, 4.69) is 5.32 Å². The van der Waals surface area contributed by atoms with Crippen LogP contribution in [0.1, 0.15) is 44.7 Å². The average molecular weight is 396 g/mol. The van der Waals surface area contributed by atoms with Crippen LogP contribution in [0, 0.1) is 12.3 Å². The highest BCUT2D eigenvalue weighted by Gasteiger charge is 2.62. The van der Waals surface area contributed by atoms with Gasteiger partial charge < -0.3 is 20.5 Å². The summed E-state index contributed by atoms with van der Waals surface area (Å²) in [4.78, 5) is 39.8. The fourth-order valence-corrected chi connectivity index (χ4v) is 4.63. The molecular weight excluding hydrogens is 372 g/mol. The first kappa shape index (κ1) is 19.2. The molecule has 1 aliphatic carbocycles. The van der Waals surface area contributed by atoms with E-state index in [0.29, 0.717) is 23.4 Å². The van der Waals surface area contributed by atoms with Gasteiger partial charge >= 0.3 is 5.97 Å². The summed E-state index contributed by atoms with van der Waals surface area (Å²) in [5.74, 6) is -1.33. The summed E-state index contributed by atoms with van der Waals surface area (Å²) in [6.45, 7) is 7.56. The number of ketones is 1. The second kappa shape index (κ2) is 6.20. The quantitative estimate of drug-likeness (QED) is 0.744. The molecule has 1 amide bonds. The van der Waals surface area contributed by atoms with Crippen molar-refractivity contribution in [1.29, 1.82) is 0 Å². The standard InChI is InChI=1S/C22H24N2O5/c1-5-28-19(26)17-18(23)29-15-10-21(3,4)9-14(25)16(15)22(17)12-8-11(2)6-7-13(12)24-20(22)27/h6-8H,5,9-10,23H2,1-4H3,(H,24,27)/t22-/m1/s1. The molecule has 2 heterocycles. The van der Waals surface area contributed by atoms with Crippen molar-refractivity contribution in [1.82, 2.24) is 0 Å². The fraction of sp³-hybridized carbons (Fsp3) is 0.409. The maximum Gasteiger partial charge on any atom is 0.341 e. The van der Waals surface area contributed by atoms with Gasteiger partial charge in [-0.05, 0) is 25.3 Å². The van der Waals surface area contributed by atoms with E-state index in [1.54, 1.807) is 13.0 Å². The summed E-state index contributed by atoms with van der Waals surface area (Å²) >= 11 is 0. The number of Topliss-reactive ketones (excluding diaryl/α,β-unsaturated/α-hetero) is 1. The number of nitrogens with two attached hydrogens (primary N) is 1. The van der Waals surface area contributed by atoms with Crippen LogP contribution in [0.2, 0.25) is 0 Å². The number of aryl methyl sites for hydroxylation is 1. The zero-order valence-electron chi connectivity index (χ0n) is 17.0. The van der Waals surface area contributed by atoms with E-state index in [1.807, 2.05) is 32.9 Å². The molecule has 1 atom stereocenters. The van der Waals surface area contributed by atoms with Crippen molar-refractivity contribution in [3.05, 3.63) is 52.1 Å². The van der Waals surface area contributed by atoms with Crippen LogP contribution in [0.15, 0.2) is 41.0 Å². The second-order valence-corrected chi connectivity index (χ2v) is 8.55. The van der Waals surface area contributed by atoms with Crippen LogP contribution < -0.4 is 11.1 Å². The van der Waals surface area contributed by atoms with Crippen LogP contribution >= 0.6 is 0 Å². The molecule has 1 spiro atoms. The second-order valence-electron chi connectivity index (χ2n) is 8.55. The Bertz CT molecular complexity index is 1030. The lowest BCUT2D eigenvalue weighted by Crippen LogP contribution is -2.50. The minimum absolute atomic E-state index is 0.0981. The molecule has 2 aliphatic heterocycles. The van der Waals surface area contributed by atoms with Crippen molar-refractivity contribution in [3.8, 4) is 0 Å². The molecule has 1 aromatic rings. The van der Waals surface area contributed by atoms with Crippen LogP contribution in [-0.4, -0.2) is 24.3 Å². The van der Waals surface area contributed by atoms with E-state index >= 15 is 0 Å². The fourth-order valence-electron chi connectivity index (χ4n) is 4.63.